The number of carbonyl (C=O) groups excluding carboxylic acids is 1. The molecule has 0 radical (unpaired) electrons. The van der Waals surface area contributed by atoms with Gasteiger partial charge in [-0.1, -0.05) is 43.2 Å². The molecule has 2 aliphatic rings. The zero-order valence-corrected chi connectivity index (χ0v) is 11.6. The SMILES string of the molecule is O=C(C(c1ccccc1)C1CC1)N1CCCCCC1. The van der Waals surface area contributed by atoms with Crippen molar-refractivity contribution in [3.05, 3.63) is 35.9 Å². The predicted octanol–water partition coefficient (Wildman–Crippen LogP) is 3.58. The fourth-order valence-electron chi connectivity index (χ4n) is 3.19. The van der Waals surface area contributed by atoms with Crippen molar-refractivity contribution in [2.45, 2.75) is 44.4 Å². The summed E-state index contributed by atoms with van der Waals surface area (Å²) in [5.74, 6) is 1.10. The molecule has 1 aliphatic heterocycles. The summed E-state index contributed by atoms with van der Waals surface area (Å²) < 4.78 is 0. The fraction of sp³-hybridized carbons (Fsp3) is 0.588. The first-order valence-corrected chi connectivity index (χ1v) is 7.70. The summed E-state index contributed by atoms with van der Waals surface area (Å²) in [6.07, 6.45) is 7.36. The molecule has 2 fully saturated rings. The number of hydrogen-bond donors (Lipinski definition) is 0. The maximum atomic E-state index is 12.9. The largest absolute Gasteiger partial charge is 0.342 e. The van der Waals surface area contributed by atoms with E-state index in [1.807, 2.05) is 6.07 Å². The standard InChI is InChI=1S/C17H23NO/c19-17(18-12-6-1-2-7-13-18)16(15-10-11-15)14-8-4-3-5-9-14/h3-5,8-9,15-16H,1-2,6-7,10-13H2. The summed E-state index contributed by atoms with van der Waals surface area (Å²) in [7, 11) is 0. The Morgan fingerprint density at radius 3 is 2.21 bits per heavy atom. The van der Waals surface area contributed by atoms with Gasteiger partial charge in [-0.3, -0.25) is 4.79 Å². The molecular formula is C17H23NO. The summed E-state index contributed by atoms with van der Waals surface area (Å²) in [6.45, 7) is 1.93. The van der Waals surface area contributed by atoms with Crippen LogP contribution in [0.5, 0.6) is 0 Å². The van der Waals surface area contributed by atoms with E-state index in [0.29, 0.717) is 11.8 Å². The van der Waals surface area contributed by atoms with Gasteiger partial charge in [-0.15, -0.1) is 0 Å². The fourth-order valence-corrected chi connectivity index (χ4v) is 3.19. The van der Waals surface area contributed by atoms with Crippen molar-refractivity contribution in [1.29, 1.82) is 0 Å². The number of carbonyl (C=O) groups is 1. The molecule has 1 heterocycles. The first-order valence-electron chi connectivity index (χ1n) is 7.70. The minimum Gasteiger partial charge on any atom is -0.342 e. The van der Waals surface area contributed by atoms with Gasteiger partial charge in [0.05, 0.1) is 5.92 Å². The molecule has 3 rings (SSSR count). The maximum absolute atomic E-state index is 12.9. The predicted molar refractivity (Wildman–Crippen MR) is 77.0 cm³/mol. The highest BCUT2D eigenvalue weighted by Crippen LogP contribution is 2.43. The molecule has 1 saturated heterocycles. The van der Waals surface area contributed by atoms with Crippen molar-refractivity contribution >= 4 is 5.91 Å². The Hall–Kier alpha value is -1.31. The Balaban J connectivity index is 1.78. The lowest BCUT2D eigenvalue weighted by Crippen LogP contribution is -2.36. The topological polar surface area (TPSA) is 20.3 Å². The van der Waals surface area contributed by atoms with Crippen LogP contribution in [-0.4, -0.2) is 23.9 Å². The van der Waals surface area contributed by atoms with Crippen LogP contribution in [0.1, 0.15) is 50.0 Å². The summed E-state index contributed by atoms with van der Waals surface area (Å²) in [4.78, 5) is 15.0. The normalized spacial score (nSPS) is 21.8. The minimum atomic E-state index is 0.124. The highest BCUT2D eigenvalue weighted by atomic mass is 16.2. The van der Waals surface area contributed by atoms with Gasteiger partial charge in [-0.2, -0.15) is 0 Å². The van der Waals surface area contributed by atoms with Crippen LogP contribution >= 0.6 is 0 Å². The molecule has 1 saturated carbocycles. The first-order chi connectivity index (χ1) is 9.36. The molecule has 1 unspecified atom stereocenters. The van der Waals surface area contributed by atoms with Crippen molar-refractivity contribution in [1.82, 2.24) is 4.90 Å². The van der Waals surface area contributed by atoms with E-state index in [9.17, 15) is 4.79 Å². The van der Waals surface area contributed by atoms with E-state index in [1.54, 1.807) is 0 Å². The average molecular weight is 257 g/mol. The van der Waals surface area contributed by atoms with Crippen LogP contribution in [0.2, 0.25) is 0 Å². The number of likely N-dealkylation sites (tertiary alicyclic amines) is 1. The van der Waals surface area contributed by atoms with Crippen molar-refractivity contribution in [3.63, 3.8) is 0 Å². The smallest absolute Gasteiger partial charge is 0.230 e. The number of amides is 1. The Bertz CT molecular complexity index is 416. The van der Waals surface area contributed by atoms with Crippen molar-refractivity contribution in [3.8, 4) is 0 Å². The molecule has 1 aromatic rings. The Labute approximate surface area is 115 Å². The van der Waals surface area contributed by atoms with E-state index >= 15 is 0 Å². The minimum absolute atomic E-state index is 0.124. The van der Waals surface area contributed by atoms with E-state index in [4.69, 9.17) is 0 Å². The Morgan fingerprint density at radius 2 is 1.63 bits per heavy atom. The third-order valence-corrected chi connectivity index (χ3v) is 4.44. The lowest BCUT2D eigenvalue weighted by Gasteiger charge is -2.26. The number of benzene rings is 1. The van der Waals surface area contributed by atoms with E-state index in [1.165, 1.54) is 44.1 Å². The van der Waals surface area contributed by atoms with Gasteiger partial charge in [0, 0.05) is 13.1 Å². The Kier molecular flexibility index (Phi) is 3.86. The van der Waals surface area contributed by atoms with Crippen molar-refractivity contribution in [2.24, 2.45) is 5.92 Å². The van der Waals surface area contributed by atoms with Crippen LogP contribution in [0.15, 0.2) is 30.3 Å². The summed E-state index contributed by atoms with van der Waals surface area (Å²) in [5, 5.41) is 0. The monoisotopic (exact) mass is 257 g/mol. The van der Waals surface area contributed by atoms with Crippen LogP contribution in [0.3, 0.4) is 0 Å². The zero-order chi connectivity index (χ0) is 13.1. The number of hydrogen-bond acceptors (Lipinski definition) is 1. The van der Waals surface area contributed by atoms with Crippen LogP contribution < -0.4 is 0 Å². The molecule has 1 aliphatic carbocycles. The lowest BCUT2D eigenvalue weighted by molar-refractivity contribution is -0.133. The molecule has 1 atom stereocenters. The van der Waals surface area contributed by atoms with Gasteiger partial charge in [0.2, 0.25) is 5.91 Å². The maximum Gasteiger partial charge on any atom is 0.230 e. The molecule has 0 aromatic heterocycles. The molecule has 2 heteroatoms. The molecule has 102 valence electrons. The number of rotatable bonds is 3. The molecular weight excluding hydrogens is 234 g/mol. The van der Waals surface area contributed by atoms with Gasteiger partial charge in [-0.05, 0) is 37.2 Å². The average Bonchev–Trinajstić information content (AvgIpc) is 3.27. The highest BCUT2D eigenvalue weighted by Gasteiger charge is 2.39. The van der Waals surface area contributed by atoms with Gasteiger partial charge >= 0.3 is 0 Å². The van der Waals surface area contributed by atoms with Crippen molar-refractivity contribution < 1.29 is 4.79 Å². The molecule has 19 heavy (non-hydrogen) atoms. The van der Waals surface area contributed by atoms with Crippen molar-refractivity contribution in [2.75, 3.05) is 13.1 Å². The van der Waals surface area contributed by atoms with Gasteiger partial charge in [-0.25, -0.2) is 0 Å². The van der Waals surface area contributed by atoms with Crippen LogP contribution in [0.25, 0.3) is 0 Å². The molecule has 1 amide bonds. The van der Waals surface area contributed by atoms with Crippen LogP contribution in [0, 0.1) is 5.92 Å². The van der Waals surface area contributed by atoms with Crippen LogP contribution in [0.4, 0.5) is 0 Å². The molecule has 0 N–H and O–H groups in total. The van der Waals surface area contributed by atoms with E-state index in [0.717, 1.165) is 13.1 Å². The number of nitrogens with zero attached hydrogens (tertiary/aromatic N) is 1. The summed E-state index contributed by atoms with van der Waals surface area (Å²) in [6, 6.07) is 10.4. The molecule has 1 aromatic carbocycles. The van der Waals surface area contributed by atoms with Gasteiger partial charge < -0.3 is 4.90 Å². The highest BCUT2D eigenvalue weighted by molar-refractivity contribution is 5.84. The lowest BCUT2D eigenvalue weighted by atomic mass is 9.92. The molecule has 0 spiro atoms. The molecule has 0 bridgehead atoms. The Morgan fingerprint density at radius 1 is 1.00 bits per heavy atom. The summed E-state index contributed by atoms with van der Waals surface area (Å²) >= 11 is 0. The third kappa shape index (κ3) is 2.99. The van der Waals surface area contributed by atoms with E-state index in [2.05, 4.69) is 29.2 Å². The van der Waals surface area contributed by atoms with E-state index < -0.39 is 0 Å². The first kappa shape index (κ1) is 12.7. The van der Waals surface area contributed by atoms with Gasteiger partial charge in [0.15, 0.2) is 0 Å². The van der Waals surface area contributed by atoms with Gasteiger partial charge in [0.1, 0.15) is 0 Å². The second-order valence-electron chi connectivity index (χ2n) is 5.97. The third-order valence-electron chi connectivity index (χ3n) is 4.44. The second kappa shape index (κ2) is 5.77. The second-order valence-corrected chi connectivity index (χ2v) is 5.97. The molecule has 2 nitrogen and oxygen atoms in total. The quantitative estimate of drug-likeness (QED) is 0.810. The van der Waals surface area contributed by atoms with Crippen LogP contribution in [-0.2, 0) is 4.79 Å². The zero-order valence-electron chi connectivity index (χ0n) is 11.6. The van der Waals surface area contributed by atoms with Gasteiger partial charge in [0.25, 0.3) is 0 Å². The summed E-state index contributed by atoms with van der Waals surface area (Å²) in [5.41, 5.74) is 1.22. The van der Waals surface area contributed by atoms with E-state index in [-0.39, 0.29) is 5.92 Å².